The van der Waals surface area contributed by atoms with E-state index in [9.17, 15) is 18.0 Å². The van der Waals surface area contributed by atoms with Gasteiger partial charge in [-0.15, -0.1) is 0 Å². The molecule has 0 aliphatic carbocycles. The van der Waals surface area contributed by atoms with Crippen LogP contribution in [0.15, 0.2) is 22.0 Å². The number of piperazine rings is 1. The zero-order valence-corrected chi connectivity index (χ0v) is 26.0. The van der Waals surface area contributed by atoms with Gasteiger partial charge >= 0.3 is 6.09 Å². The van der Waals surface area contributed by atoms with E-state index >= 15 is 0 Å². The van der Waals surface area contributed by atoms with Gasteiger partial charge in [0.1, 0.15) is 16.2 Å². The minimum atomic E-state index is -3.83. The number of pyridine rings is 1. The summed E-state index contributed by atoms with van der Waals surface area (Å²) in [5.74, 6) is 0.312. The topological polar surface area (TPSA) is 156 Å². The van der Waals surface area contributed by atoms with Crippen molar-refractivity contribution < 1.29 is 22.7 Å². The van der Waals surface area contributed by atoms with Crippen LogP contribution in [0.3, 0.4) is 0 Å². The van der Waals surface area contributed by atoms with Gasteiger partial charge in [-0.05, 0) is 32.4 Å². The summed E-state index contributed by atoms with van der Waals surface area (Å²) in [5, 5.41) is 4.58. The number of likely N-dealkylation sites (tertiary alicyclic amines) is 1. The number of aromatic amines is 1. The van der Waals surface area contributed by atoms with Crippen LogP contribution in [0.4, 0.5) is 4.79 Å². The number of amides is 1. The Morgan fingerprint density at radius 1 is 1.09 bits per heavy atom. The average Bonchev–Trinajstić information content (AvgIpc) is 3.35. The van der Waals surface area contributed by atoms with E-state index in [2.05, 4.69) is 26.9 Å². The van der Waals surface area contributed by atoms with Gasteiger partial charge in [-0.2, -0.15) is 9.40 Å². The Hall–Kier alpha value is -3.56. The number of ether oxygens (including phenoxy) is 2. The van der Waals surface area contributed by atoms with Crippen molar-refractivity contribution in [1.29, 1.82) is 0 Å². The lowest BCUT2D eigenvalue weighted by Gasteiger charge is -2.38. The Morgan fingerprint density at radius 2 is 1.84 bits per heavy atom. The number of nitrogens with zero attached hydrogens (tertiary/aromatic N) is 7. The Balaban J connectivity index is 1.47. The molecule has 2 saturated heterocycles. The lowest BCUT2D eigenvalue weighted by atomic mass is 10.1. The molecule has 2 aliphatic rings. The number of likely N-dealkylation sites (N-methyl/N-ethyl adjacent to an activating group) is 1. The molecule has 234 valence electrons. The number of fused-ring (bicyclic) bond motifs is 1. The zero-order valence-electron chi connectivity index (χ0n) is 25.2. The molecule has 0 atom stereocenters. The Morgan fingerprint density at radius 3 is 2.49 bits per heavy atom. The molecule has 15 heteroatoms. The number of unbranched alkanes of at least 4 members (excludes halogenated alkanes) is 1. The Bertz CT molecular complexity index is 1620. The van der Waals surface area contributed by atoms with Crippen LogP contribution in [-0.2, 0) is 21.2 Å². The summed E-state index contributed by atoms with van der Waals surface area (Å²) in [6, 6.07) is 1.35. The van der Waals surface area contributed by atoms with Crippen LogP contribution in [0, 0.1) is 0 Å². The van der Waals surface area contributed by atoms with E-state index in [1.807, 2.05) is 13.8 Å². The maximum Gasteiger partial charge on any atom is 0.409 e. The summed E-state index contributed by atoms with van der Waals surface area (Å²) in [6.07, 6.45) is 3.24. The number of carbonyl (C=O) groups excluding carboxylic acids is 1. The lowest BCUT2D eigenvalue weighted by molar-refractivity contribution is 0.0527. The molecule has 1 amide bonds. The fraction of sp³-hybridized carbons (Fsp3) is 0.607. The molecule has 0 radical (unpaired) electrons. The molecule has 2 aliphatic heterocycles. The van der Waals surface area contributed by atoms with E-state index in [1.54, 1.807) is 16.5 Å². The minimum absolute atomic E-state index is 0.00504. The van der Waals surface area contributed by atoms with Crippen LogP contribution in [0.5, 0.6) is 5.88 Å². The number of hydrogen-bond acceptors (Lipinski definition) is 10. The first-order valence-electron chi connectivity index (χ1n) is 15.0. The number of sulfonamides is 1. The van der Waals surface area contributed by atoms with Gasteiger partial charge in [0.2, 0.25) is 15.9 Å². The van der Waals surface area contributed by atoms with Crippen molar-refractivity contribution >= 4 is 27.1 Å². The lowest BCUT2D eigenvalue weighted by Crippen LogP contribution is -2.51. The smallest absolute Gasteiger partial charge is 0.409 e. The number of hydrogen-bond donors (Lipinski definition) is 1. The summed E-state index contributed by atoms with van der Waals surface area (Å²) in [7, 11) is -3.83. The first-order chi connectivity index (χ1) is 20.7. The quantitative estimate of drug-likeness (QED) is 0.317. The monoisotopic (exact) mass is 616 g/mol. The SMILES string of the molecule is CCCCOC(=O)N1CC(n2nc3c(=O)[nH]c(-c4cc(S(=O)(=O)N5CCN(CC)CC5)cnc4OCC)nc3c2CC)C1. The van der Waals surface area contributed by atoms with Crippen LogP contribution in [0.1, 0.15) is 52.3 Å². The van der Waals surface area contributed by atoms with E-state index in [0.29, 0.717) is 57.8 Å². The number of rotatable bonds is 11. The van der Waals surface area contributed by atoms with Crippen LogP contribution < -0.4 is 10.3 Å². The highest BCUT2D eigenvalue weighted by Gasteiger charge is 2.36. The van der Waals surface area contributed by atoms with Crippen LogP contribution >= 0.6 is 0 Å². The van der Waals surface area contributed by atoms with Gasteiger partial charge in [-0.25, -0.2) is 23.2 Å². The molecule has 43 heavy (non-hydrogen) atoms. The van der Waals surface area contributed by atoms with Gasteiger partial charge in [0.05, 0.1) is 36.7 Å². The van der Waals surface area contributed by atoms with Gasteiger partial charge in [0, 0.05) is 39.3 Å². The molecule has 1 N–H and O–H groups in total. The van der Waals surface area contributed by atoms with Crippen LogP contribution in [0.25, 0.3) is 22.4 Å². The highest BCUT2D eigenvalue weighted by molar-refractivity contribution is 7.89. The second-order valence-electron chi connectivity index (χ2n) is 10.7. The van der Waals surface area contributed by atoms with E-state index in [0.717, 1.165) is 25.1 Å². The molecule has 5 heterocycles. The fourth-order valence-electron chi connectivity index (χ4n) is 5.38. The maximum atomic E-state index is 13.6. The molecule has 14 nitrogen and oxygen atoms in total. The largest absolute Gasteiger partial charge is 0.477 e. The molecular formula is C28H40N8O6S. The zero-order chi connectivity index (χ0) is 30.7. The maximum absolute atomic E-state index is 13.6. The van der Waals surface area contributed by atoms with Gasteiger partial charge < -0.3 is 24.3 Å². The minimum Gasteiger partial charge on any atom is -0.477 e. The molecule has 0 saturated carbocycles. The van der Waals surface area contributed by atoms with E-state index in [1.165, 1.54) is 16.6 Å². The Labute approximate surface area is 251 Å². The van der Waals surface area contributed by atoms with Crippen LogP contribution in [-0.4, -0.2) is 112 Å². The molecule has 3 aromatic heterocycles. The number of nitrogens with one attached hydrogen (secondary N) is 1. The standard InChI is InChI=1S/C28H40N8O6S/c1-5-9-14-42-28(38)34-17-19(18-34)36-22(6-2)23-24(32-36)26(37)31-25(30-23)21-15-20(16-29-27(21)41-8-4)43(39,40)35-12-10-33(7-3)11-13-35/h15-16,19H,5-14,17-18H2,1-4H3,(H,30,31,37). The molecule has 2 fully saturated rings. The molecule has 0 bridgehead atoms. The van der Waals surface area contributed by atoms with Gasteiger partial charge in [-0.3, -0.25) is 9.48 Å². The predicted octanol–water partition coefficient (Wildman–Crippen LogP) is 2.26. The highest BCUT2D eigenvalue weighted by atomic mass is 32.2. The van der Waals surface area contributed by atoms with E-state index in [-0.39, 0.29) is 46.4 Å². The second-order valence-corrected chi connectivity index (χ2v) is 12.6. The van der Waals surface area contributed by atoms with Crippen molar-refractivity contribution in [2.75, 3.05) is 59.0 Å². The molecule has 3 aromatic rings. The highest BCUT2D eigenvalue weighted by Crippen LogP contribution is 2.31. The summed E-state index contributed by atoms with van der Waals surface area (Å²) < 4.78 is 41.4. The van der Waals surface area contributed by atoms with Crippen molar-refractivity contribution in [3.8, 4) is 17.3 Å². The van der Waals surface area contributed by atoms with Crippen molar-refractivity contribution in [3.05, 3.63) is 28.3 Å². The number of carbonyl (C=O) groups is 1. The number of aryl methyl sites for hydroxylation is 1. The number of aromatic nitrogens is 5. The van der Waals surface area contributed by atoms with Gasteiger partial charge in [0.25, 0.3) is 5.56 Å². The van der Waals surface area contributed by atoms with Gasteiger partial charge in [0.15, 0.2) is 5.52 Å². The summed E-state index contributed by atoms with van der Waals surface area (Å²) in [5.41, 5.74) is 1.14. The summed E-state index contributed by atoms with van der Waals surface area (Å²) in [6.45, 7) is 12.3. The predicted molar refractivity (Wildman–Crippen MR) is 160 cm³/mol. The van der Waals surface area contributed by atoms with Crippen molar-refractivity contribution in [1.82, 2.24) is 38.8 Å². The normalized spacial score (nSPS) is 16.9. The number of H-pyrrole nitrogens is 1. The molecule has 5 rings (SSSR count). The van der Waals surface area contributed by atoms with E-state index < -0.39 is 15.6 Å². The molecule has 0 unspecified atom stereocenters. The first-order valence-corrected chi connectivity index (χ1v) is 16.4. The summed E-state index contributed by atoms with van der Waals surface area (Å²) in [4.78, 5) is 41.3. The van der Waals surface area contributed by atoms with Crippen molar-refractivity contribution in [2.45, 2.75) is 57.9 Å². The fourth-order valence-corrected chi connectivity index (χ4v) is 6.78. The second kappa shape index (κ2) is 13.0. The summed E-state index contributed by atoms with van der Waals surface area (Å²) >= 11 is 0. The third-order valence-electron chi connectivity index (χ3n) is 7.96. The molecule has 0 aromatic carbocycles. The van der Waals surface area contributed by atoms with Gasteiger partial charge in [-0.1, -0.05) is 27.2 Å². The van der Waals surface area contributed by atoms with Crippen molar-refractivity contribution in [3.63, 3.8) is 0 Å². The van der Waals surface area contributed by atoms with Crippen molar-refractivity contribution in [2.24, 2.45) is 0 Å². The Kier molecular flexibility index (Phi) is 9.32. The average molecular weight is 617 g/mol. The van der Waals surface area contributed by atoms with Crippen LogP contribution in [0.2, 0.25) is 0 Å². The molecular weight excluding hydrogens is 576 g/mol. The third-order valence-corrected chi connectivity index (χ3v) is 9.82. The first kappa shape index (κ1) is 30.9. The molecule has 0 spiro atoms. The van der Waals surface area contributed by atoms with E-state index in [4.69, 9.17) is 14.5 Å². The third kappa shape index (κ3) is 6.10.